The van der Waals surface area contributed by atoms with E-state index in [0.29, 0.717) is 39.0 Å². The number of halogens is 1. The number of para-hydroxylation sites is 1. The van der Waals surface area contributed by atoms with Crippen molar-refractivity contribution in [2.24, 2.45) is 0 Å². The molecule has 0 aliphatic carbocycles. The molecule has 28 heavy (non-hydrogen) atoms. The minimum absolute atomic E-state index is 0.367. The van der Waals surface area contributed by atoms with Crippen LogP contribution >= 0.6 is 11.6 Å². The average molecular weight is 402 g/mol. The fraction of sp³-hybridized carbons (Fsp3) is 0.200. The zero-order chi connectivity index (χ0) is 20.3. The molecule has 7 nitrogen and oxygen atoms in total. The third kappa shape index (κ3) is 3.89. The highest BCUT2D eigenvalue weighted by Gasteiger charge is 2.32. The Morgan fingerprint density at radius 3 is 2.50 bits per heavy atom. The maximum atomic E-state index is 13.0. The van der Waals surface area contributed by atoms with Crippen molar-refractivity contribution in [3.8, 4) is 11.5 Å². The Morgan fingerprint density at radius 2 is 1.82 bits per heavy atom. The number of carbonyl (C=O) groups excluding carboxylic acids is 2. The maximum Gasteiger partial charge on any atom is 0.319 e. The number of hydrogen-bond acceptors (Lipinski definition) is 4. The monoisotopic (exact) mass is 401 g/mol. The van der Waals surface area contributed by atoms with Crippen LogP contribution in [0.15, 0.2) is 53.7 Å². The summed E-state index contributed by atoms with van der Waals surface area (Å²) in [5.41, 5.74) is 1.98. The second-order valence-electron chi connectivity index (χ2n) is 6.12. The van der Waals surface area contributed by atoms with E-state index in [4.69, 9.17) is 21.1 Å². The van der Waals surface area contributed by atoms with Crippen LogP contribution in [0, 0.1) is 0 Å². The van der Waals surface area contributed by atoms with Crippen LogP contribution < -0.4 is 25.4 Å². The number of urea groups is 1. The van der Waals surface area contributed by atoms with Gasteiger partial charge in [0, 0.05) is 5.70 Å². The minimum Gasteiger partial charge on any atom is -0.493 e. The predicted octanol–water partition coefficient (Wildman–Crippen LogP) is 3.62. The molecular weight excluding hydrogens is 382 g/mol. The molecule has 8 heteroatoms. The van der Waals surface area contributed by atoms with Crippen molar-refractivity contribution >= 4 is 29.2 Å². The van der Waals surface area contributed by atoms with Gasteiger partial charge >= 0.3 is 6.03 Å². The number of nitrogens with one attached hydrogen (secondary N) is 3. The largest absolute Gasteiger partial charge is 0.493 e. The zero-order valence-corrected chi connectivity index (χ0v) is 16.4. The Balaban J connectivity index is 1.99. The predicted molar refractivity (Wildman–Crippen MR) is 107 cm³/mol. The smallest absolute Gasteiger partial charge is 0.319 e. The summed E-state index contributed by atoms with van der Waals surface area (Å²) in [5.74, 6) is 0.670. The lowest BCUT2D eigenvalue weighted by Gasteiger charge is -2.29. The molecule has 0 unspecified atom stereocenters. The van der Waals surface area contributed by atoms with Crippen LogP contribution in [0.4, 0.5) is 10.5 Å². The van der Waals surface area contributed by atoms with Crippen LogP contribution in [-0.4, -0.2) is 26.2 Å². The van der Waals surface area contributed by atoms with E-state index in [2.05, 4.69) is 16.0 Å². The van der Waals surface area contributed by atoms with Crippen molar-refractivity contribution in [2.75, 3.05) is 19.5 Å². The van der Waals surface area contributed by atoms with E-state index in [-0.39, 0.29) is 5.91 Å². The third-order valence-electron chi connectivity index (χ3n) is 4.38. The van der Waals surface area contributed by atoms with Gasteiger partial charge in [-0.2, -0.15) is 0 Å². The zero-order valence-electron chi connectivity index (χ0n) is 15.6. The number of ether oxygens (including phenoxy) is 2. The van der Waals surface area contributed by atoms with E-state index >= 15 is 0 Å². The van der Waals surface area contributed by atoms with Crippen molar-refractivity contribution in [3.05, 3.63) is 64.3 Å². The number of carbonyl (C=O) groups is 2. The molecule has 0 spiro atoms. The van der Waals surface area contributed by atoms with Gasteiger partial charge < -0.3 is 25.4 Å². The van der Waals surface area contributed by atoms with Gasteiger partial charge in [0.15, 0.2) is 11.5 Å². The van der Waals surface area contributed by atoms with Crippen molar-refractivity contribution in [1.82, 2.24) is 10.6 Å². The lowest BCUT2D eigenvalue weighted by Crippen LogP contribution is -2.46. The van der Waals surface area contributed by atoms with Gasteiger partial charge in [-0.15, -0.1) is 0 Å². The number of amides is 3. The Morgan fingerprint density at radius 1 is 1.11 bits per heavy atom. The lowest BCUT2D eigenvalue weighted by molar-refractivity contribution is -0.113. The Bertz CT molecular complexity index is 958. The summed E-state index contributed by atoms with van der Waals surface area (Å²) in [6, 6.07) is 11.1. The van der Waals surface area contributed by atoms with E-state index in [9.17, 15) is 9.59 Å². The standard InChI is InChI=1S/C20H20ClN3O4/c1-11-17(19(25)23-14-7-5-4-6-13(14)21)18(24-20(26)22-11)12-8-9-15(27-2)16(10-12)28-3/h4-10,18H,1-3H3,(H,23,25)(H2,22,24,26)/t18-/m0/s1. The fourth-order valence-electron chi connectivity index (χ4n) is 3.03. The van der Waals surface area contributed by atoms with E-state index in [1.54, 1.807) is 49.4 Å². The summed E-state index contributed by atoms with van der Waals surface area (Å²) in [7, 11) is 3.06. The van der Waals surface area contributed by atoms with Crippen LogP contribution in [-0.2, 0) is 4.79 Å². The van der Waals surface area contributed by atoms with Gasteiger partial charge in [-0.25, -0.2) is 4.79 Å². The highest BCUT2D eigenvalue weighted by Crippen LogP contribution is 2.34. The van der Waals surface area contributed by atoms with Gasteiger partial charge in [0.05, 0.1) is 36.5 Å². The maximum absolute atomic E-state index is 13.0. The van der Waals surface area contributed by atoms with Gasteiger partial charge in [0.1, 0.15) is 0 Å². The molecule has 3 amide bonds. The Labute approximate surface area is 167 Å². The molecule has 2 aromatic rings. The molecule has 3 N–H and O–H groups in total. The molecule has 1 aliphatic rings. The van der Waals surface area contributed by atoms with Gasteiger partial charge in [-0.05, 0) is 36.8 Å². The topological polar surface area (TPSA) is 88.7 Å². The average Bonchev–Trinajstić information content (AvgIpc) is 2.68. The summed E-state index contributed by atoms with van der Waals surface area (Å²) < 4.78 is 10.6. The van der Waals surface area contributed by atoms with Crippen molar-refractivity contribution in [2.45, 2.75) is 13.0 Å². The first-order chi connectivity index (χ1) is 13.4. The van der Waals surface area contributed by atoms with Crippen LogP contribution in [0.1, 0.15) is 18.5 Å². The van der Waals surface area contributed by atoms with Gasteiger partial charge in [0.25, 0.3) is 5.91 Å². The van der Waals surface area contributed by atoms with Crippen LogP contribution in [0.25, 0.3) is 0 Å². The number of allylic oxidation sites excluding steroid dienone is 1. The number of anilines is 1. The quantitative estimate of drug-likeness (QED) is 0.713. The molecule has 0 bridgehead atoms. The van der Waals surface area contributed by atoms with E-state index in [1.165, 1.54) is 14.2 Å². The Hall–Kier alpha value is -3.19. The number of benzene rings is 2. The van der Waals surface area contributed by atoms with Gasteiger partial charge in [0.2, 0.25) is 0 Å². The van der Waals surface area contributed by atoms with Gasteiger partial charge in [-0.3, -0.25) is 4.79 Å². The van der Waals surface area contributed by atoms with E-state index < -0.39 is 12.1 Å². The molecule has 1 atom stereocenters. The lowest BCUT2D eigenvalue weighted by atomic mass is 9.94. The third-order valence-corrected chi connectivity index (χ3v) is 4.71. The summed E-state index contributed by atoms with van der Waals surface area (Å²) in [6.07, 6.45) is 0. The highest BCUT2D eigenvalue weighted by molar-refractivity contribution is 6.33. The summed E-state index contributed by atoms with van der Waals surface area (Å²) in [4.78, 5) is 25.1. The molecular formula is C20H20ClN3O4. The number of methoxy groups -OCH3 is 2. The van der Waals surface area contributed by atoms with E-state index in [1.807, 2.05) is 0 Å². The molecule has 0 radical (unpaired) electrons. The number of hydrogen-bond donors (Lipinski definition) is 3. The summed E-state index contributed by atoms with van der Waals surface area (Å²) in [6.45, 7) is 1.67. The second kappa shape index (κ2) is 8.22. The van der Waals surface area contributed by atoms with Crippen molar-refractivity contribution in [3.63, 3.8) is 0 Å². The second-order valence-corrected chi connectivity index (χ2v) is 6.53. The first-order valence-corrected chi connectivity index (χ1v) is 8.88. The molecule has 0 aromatic heterocycles. The van der Waals surface area contributed by atoms with Crippen molar-refractivity contribution < 1.29 is 19.1 Å². The molecule has 0 fully saturated rings. The normalized spacial score (nSPS) is 16.1. The minimum atomic E-state index is -0.670. The van der Waals surface area contributed by atoms with Crippen LogP contribution in [0.5, 0.6) is 11.5 Å². The molecule has 3 rings (SSSR count). The highest BCUT2D eigenvalue weighted by atomic mass is 35.5. The first kappa shape index (κ1) is 19.6. The van der Waals surface area contributed by atoms with Crippen LogP contribution in [0.2, 0.25) is 5.02 Å². The number of rotatable bonds is 5. The molecule has 0 saturated heterocycles. The first-order valence-electron chi connectivity index (χ1n) is 8.50. The fourth-order valence-corrected chi connectivity index (χ4v) is 3.21. The summed E-state index contributed by atoms with van der Waals surface area (Å²) in [5, 5.41) is 8.65. The molecule has 1 aliphatic heterocycles. The molecule has 146 valence electrons. The summed E-state index contributed by atoms with van der Waals surface area (Å²) >= 11 is 6.15. The van der Waals surface area contributed by atoms with Crippen LogP contribution in [0.3, 0.4) is 0 Å². The molecule has 0 saturated carbocycles. The van der Waals surface area contributed by atoms with Gasteiger partial charge in [-0.1, -0.05) is 29.8 Å². The SMILES string of the molecule is COc1ccc([C@@H]2NC(=O)NC(C)=C2C(=O)Nc2ccccc2Cl)cc1OC. The molecule has 2 aromatic carbocycles. The van der Waals surface area contributed by atoms with E-state index in [0.717, 1.165) is 0 Å². The molecule has 1 heterocycles. The Kier molecular flexibility index (Phi) is 5.75. The van der Waals surface area contributed by atoms with Crippen molar-refractivity contribution in [1.29, 1.82) is 0 Å².